The van der Waals surface area contributed by atoms with Crippen molar-refractivity contribution in [3.63, 3.8) is 0 Å². The SMILES string of the molecule is COC(=O)c1c(C)[nH]c(C(=O)CSc2nc(C)cc(C)c2C#N)c1C. The van der Waals surface area contributed by atoms with E-state index in [9.17, 15) is 14.9 Å². The molecule has 0 aliphatic heterocycles. The molecule has 0 aromatic carbocycles. The molecule has 0 amide bonds. The van der Waals surface area contributed by atoms with Crippen molar-refractivity contribution in [2.45, 2.75) is 32.7 Å². The number of ether oxygens (including phenoxy) is 1. The monoisotopic (exact) mass is 357 g/mol. The summed E-state index contributed by atoms with van der Waals surface area (Å²) in [6, 6.07) is 3.98. The number of thioether (sulfide) groups is 1. The zero-order valence-corrected chi connectivity index (χ0v) is 15.6. The number of nitrogens with zero attached hydrogens (tertiary/aromatic N) is 2. The average Bonchev–Trinajstić information content (AvgIpc) is 2.86. The number of carbonyl (C=O) groups is 2. The van der Waals surface area contributed by atoms with Crippen molar-refractivity contribution in [2.24, 2.45) is 0 Å². The van der Waals surface area contributed by atoms with Gasteiger partial charge in [0.2, 0.25) is 0 Å². The first kappa shape index (κ1) is 18.7. The highest BCUT2D eigenvalue weighted by atomic mass is 32.2. The first-order valence-corrected chi connectivity index (χ1v) is 8.60. The summed E-state index contributed by atoms with van der Waals surface area (Å²) in [5, 5.41) is 9.84. The molecule has 2 rings (SSSR count). The van der Waals surface area contributed by atoms with Crippen molar-refractivity contribution in [2.75, 3.05) is 12.9 Å². The second kappa shape index (κ2) is 7.53. The minimum atomic E-state index is -0.472. The van der Waals surface area contributed by atoms with E-state index in [2.05, 4.69) is 16.0 Å². The number of aromatic amines is 1. The molecule has 0 saturated carbocycles. The molecule has 25 heavy (non-hydrogen) atoms. The normalized spacial score (nSPS) is 10.4. The standard InChI is InChI=1S/C18H19N3O3S/c1-9-6-10(2)20-17(13(9)7-19)25-8-14(22)16-11(3)15(12(4)21-16)18(23)24-5/h6,21H,8H2,1-5H3. The number of methoxy groups -OCH3 is 1. The number of rotatable bonds is 5. The molecule has 0 spiro atoms. The molecule has 0 radical (unpaired) electrons. The Morgan fingerprint density at radius 2 is 2.00 bits per heavy atom. The molecular weight excluding hydrogens is 338 g/mol. The zero-order chi connectivity index (χ0) is 18.7. The second-order valence-corrected chi connectivity index (χ2v) is 6.66. The number of esters is 1. The summed E-state index contributed by atoms with van der Waals surface area (Å²) in [7, 11) is 1.31. The van der Waals surface area contributed by atoms with Crippen LogP contribution in [0.3, 0.4) is 0 Å². The van der Waals surface area contributed by atoms with Crippen LogP contribution in [0.2, 0.25) is 0 Å². The van der Waals surface area contributed by atoms with Crippen molar-refractivity contribution < 1.29 is 14.3 Å². The highest BCUT2D eigenvalue weighted by Gasteiger charge is 2.23. The average molecular weight is 357 g/mol. The van der Waals surface area contributed by atoms with E-state index in [1.807, 2.05) is 19.9 Å². The third-order valence-corrected chi connectivity index (χ3v) is 4.84. The predicted molar refractivity (Wildman–Crippen MR) is 95.1 cm³/mol. The molecule has 0 fully saturated rings. The molecule has 0 aliphatic rings. The van der Waals surface area contributed by atoms with Gasteiger partial charge < -0.3 is 9.72 Å². The van der Waals surface area contributed by atoms with Crippen LogP contribution in [0, 0.1) is 39.0 Å². The van der Waals surface area contributed by atoms with Crippen LogP contribution >= 0.6 is 11.8 Å². The van der Waals surface area contributed by atoms with Gasteiger partial charge in [-0.25, -0.2) is 9.78 Å². The molecular formula is C18H19N3O3S. The van der Waals surface area contributed by atoms with E-state index >= 15 is 0 Å². The fourth-order valence-electron chi connectivity index (χ4n) is 2.69. The molecule has 2 aromatic rings. The minimum absolute atomic E-state index is 0.117. The Bertz CT molecular complexity index is 894. The fraction of sp³-hybridized carbons (Fsp3) is 0.333. The van der Waals surface area contributed by atoms with Crippen LogP contribution in [0.5, 0.6) is 0 Å². The molecule has 6 nitrogen and oxygen atoms in total. The lowest BCUT2D eigenvalue weighted by molar-refractivity contribution is 0.0599. The molecule has 7 heteroatoms. The number of nitrogens with one attached hydrogen (secondary N) is 1. The van der Waals surface area contributed by atoms with Crippen molar-refractivity contribution >= 4 is 23.5 Å². The molecule has 2 heterocycles. The highest BCUT2D eigenvalue weighted by molar-refractivity contribution is 8.00. The predicted octanol–water partition coefficient (Wildman–Crippen LogP) is 3.28. The molecule has 0 unspecified atom stereocenters. The Labute approximate surface area is 150 Å². The van der Waals surface area contributed by atoms with Crippen LogP contribution in [0.25, 0.3) is 0 Å². The topological polar surface area (TPSA) is 95.8 Å². The van der Waals surface area contributed by atoms with Crippen LogP contribution in [0.15, 0.2) is 11.1 Å². The van der Waals surface area contributed by atoms with Gasteiger partial charge in [0.15, 0.2) is 5.78 Å². The molecule has 2 aromatic heterocycles. The summed E-state index contributed by atoms with van der Waals surface area (Å²) in [6.45, 7) is 7.13. The van der Waals surface area contributed by atoms with E-state index in [0.29, 0.717) is 33.1 Å². The molecule has 0 atom stereocenters. The van der Waals surface area contributed by atoms with Crippen molar-refractivity contribution in [3.05, 3.63) is 45.4 Å². The number of hydrogen-bond acceptors (Lipinski definition) is 6. The van der Waals surface area contributed by atoms with Gasteiger partial charge in [-0.1, -0.05) is 11.8 Å². The van der Waals surface area contributed by atoms with Crippen LogP contribution in [0.1, 0.15) is 48.9 Å². The van der Waals surface area contributed by atoms with Crippen molar-refractivity contribution in [1.29, 1.82) is 5.26 Å². The number of aryl methyl sites for hydroxylation is 3. The lowest BCUT2D eigenvalue weighted by Gasteiger charge is -2.07. The van der Waals surface area contributed by atoms with Gasteiger partial charge in [-0.3, -0.25) is 4.79 Å². The largest absolute Gasteiger partial charge is 0.465 e. The van der Waals surface area contributed by atoms with Gasteiger partial charge in [0.05, 0.1) is 29.7 Å². The van der Waals surface area contributed by atoms with Crippen LogP contribution in [-0.2, 0) is 4.74 Å². The number of pyridine rings is 1. The van der Waals surface area contributed by atoms with Gasteiger partial charge >= 0.3 is 5.97 Å². The minimum Gasteiger partial charge on any atom is -0.465 e. The first-order valence-electron chi connectivity index (χ1n) is 7.62. The Morgan fingerprint density at radius 1 is 1.32 bits per heavy atom. The first-order chi connectivity index (χ1) is 11.8. The van der Waals surface area contributed by atoms with E-state index < -0.39 is 5.97 Å². The van der Waals surface area contributed by atoms with Gasteiger partial charge in [0.1, 0.15) is 11.1 Å². The smallest absolute Gasteiger partial charge is 0.339 e. The summed E-state index contributed by atoms with van der Waals surface area (Å²) >= 11 is 1.22. The van der Waals surface area contributed by atoms with E-state index in [0.717, 1.165) is 11.3 Å². The summed E-state index contributed by atoms with van der Waals surface area (Å²) in [5.41, 5.74) is 4.06. The number of Topliss-reactive ketones (excluding diaryl/α,β-unsaturated/α-hetero) is 1. The highest BCUT2D eigenvalue weighted by Crippen LogP contribution is 2.26. The fourth-order valence-corrected chi connectivity index (χ4v) is 3.66. The van der Waals surface area contributed by atoms with Crippen LogP contribution in [0.4, 0.5) is 0 Å². The van der Waals surface area contributed by atoms with Gasteiger partial charge in [0, 0.05) is 11.4 Å². The van der Waals surface area contributed by atoms with Gasteiger partial charge in [-0.15, -0.1) is 0 Å². The molecule has 0 aliphatic carbocycles. The third-order valence-electron chi connectivity index (χ3n) is 3.87. The Hall–Kier alpha value is -2.59. The number of nitriles is 1. The van der Waals surface area contributed by atoms with Gasteiger partial charge in [0.25, 0.3) is 0 Å². The van der Waals surface area contributed by atoms with Gasteiger partial charge in [-0.2, -0.15) is 5.26 Å². The van der Waals surface area contributed by atoms with Crippen molar-refractivity contribution in [1.82, 2.24) is 9.97 Å². The zero-order valence-electron chi connectivity index (χ0n) is 14.8. The maximum Gasteiger partial charge on any atom is 0.339 e. The lowest BCUT2D eigenvalue weighted by Crippen LogP contribution is -2.07. The summed E-state index contributed by atoms with van der Waals surface area (Å²) in [4.78, 5) is 31.7. The van der Waals surface area contributed by atoms with E-state index in [-0.39, 0.29) is 11.5 Å². The van der Waals surface area contributed by atoms with Crippen LogP contribution in [-0.4, -0.2) is 34.6 Å². The summed E-state index contributed by atoms with van der Waals surface area (Å²) in [6.07, 6.45) is 0. The van der Waals surface area contributed by atoms with E-state index in [1.54, 1.807) is 13.8 Å². The summed E-state index contributed by atoms with van der Waals surface area (Å²) < 4.78 is 4.76. The second-order valence-electron chi connectivity index (χ2n) is 5.70. The number of ketones is 1. The van der Waals surface area contributed by atoms with Gasteiger partial charge in [-0.05, 0) is 44.9 Å². The summed E-state index contributed by atoms with van der Waals surface area (Å²) in [5.74, 6) is -0.516. The Kier molecular flexibility index (Phi) is 5.65. The molecule has 130 valence electrons. The maximum atomic E-state index is 12.6. The number of aromatic nitrogens is 2. The number of H-pyrrole nitrogens is 1. The lowest BCUT2D eigenvalue weighted by atomic mass is 10.1. The quantitative estimate of drug-likeness (QED) is 0.501. The molecule has 1 N–H and O–H groups in total. The van der Waals surface area contributed by atoms with E-state index in [4.69, 9.17) is 4.74 Å². The van der Waals surface area contributed by atoms with E-state index in [1.165, 1.54) is 18.9 Å². The molecule has 0 saturated heterocycles. The number of carbonyl (C=O) groups excluding carboxylic acids is 2. The van der Waals surface area contributed by atoms with Crippen molar-refractivity contribution in [3.8, 4) is 6.07 Å². The third kappa shape index (κ3) is 3.74. The Balaban J connectivity index is 2.26. The number of hydrogen-bond donors (Lipinski definition) is 1. The molecule has 0 bridgehead atoms. The van der Waals surface area contributed by atoms with Crippen LogP contribution < -0.4 is 0 Å². The Morgan fingerprint density at radius 3 is 2.60 bits per heavy atom. The maximum absolute atomic E-state index is 12.6.